The molecule has 4 rings (SSSR count). The van der Waals surface area contributed by atoms with Gasteiger partial charge in [-0.1, -0.05) is 24.3 Å². The summed E-state index contributed by atoms with van der Waals surface area (Å²) in [5, 5.41) is 2.16. The van der Waals surface area contributed by atoms with Crippen LogP contribution in [0.3, 0.4) is 0 Å². The van der Waals surface area contributed by atoms with Gasteiger partial charge >= 0.3 is 0 Å². The van der Waals surface area contributed by atoms with E-state index < -0.39 is 0 Å². The van der Waals surface area contributed by atoms with Gasteiger partial charge in [0.1, 0.15) is 0 Å². The van der Waals surface area contributed by atoms with Gasteiger partial charge in [0.15, 0.2) is 0 Å². The Morgan fingerprint density at radius 3 is 2.58 bits per heavy atom. The Bertz CT molecular complexity index is 767. The minimum absolute atomic E-state index is 0.130. The van der Waals surface area contributed by atoms with Gasteiger partial charge < -0.3 is 14.5 Å². The van der Waals surface area contributed by atoms with Gasteiger partial charge in [-0.2, -0.15) is 0 Å². The van der Waals surface area contributed by atoms with Crippen LogP contribution in [0.15, 0.2) is 36.4 Å². The van der Waals surface area contributed by atoms with Crippen LogP contribution in [0.4, 0.5) is 5.69 Å². The molecule has 0 aromatic heterocycles. The fourth-order valence-corrected chi connectivity index (χ4v) is 3.64. The van der Waals surface area contributed by atoms with Crippen molar-refractivity contribution in [3.63, 3.8) is 0 Å². The zero-order chi connectivity index (χ0) is 16.7. The fraction of sp³-hybridized carbons (Fsp3) is 0.450. The van der Waals surface area contributed by atoms with E-state index in [-0.39, 0.29) is 12.0 Å². The lowest BCUT2D eigenvalue weighted by Crippen LogP contribution is -2.46. The second-order valence-corrected chi connectivity index (χ2v) is 7.07. The van der Waals surface area contributed by atoms with Crippen molar-refractivity contribution in [3.05, 3.63) is 42.0 Å². The summed E-state index contributed by atoms with van der Waals surface area (Å²) in [6.07, 6.45) is 2.72. The second kappa shape index (κ2) is 6.10. The monoisotopic (exact) mass is 324 g/mol. The molecule has 1 saturated carbocycles. The highest BCUT2D eigenvalue weighted by Crippen LogP contribution is 2.36. The zero-order valence-electron chi connectivity index (χ0n) is 14.4. The smallest absolute Gasteiger partial charge is 0.254 e. The molecule has 0 bridgehead atoms. The van der Waals surface area contributed by atoms with Crippen LogP contribution in [0.2, 0.25) is 0 Å². The Labute approximate surface area is 143 Å². The standard InChI is InChI=1S/C20H24N2O2/c1-21(2)18-10-9-17(15-5-3-4-6-16(15)18)20(23)22-11-12-24-19(13-22)14-7-8-14/h3-6,9-10,14,19H,7-8,11-13H2,1-2H3/t19-/m0/s1. The largest absolute Gasteiger partial charge is 0.377 e. The summed E-state index contributed by atoms with van der Waals surface area (Å²) in [5.74, 6) is 0.791. The molecular weight excluding hydrogens is 300 g/mol. The maximum absolute atomic E-state index is 13.1. The van der Waals surface area contributed by atoms with E-state index in [2.05, 4.69) is 11.0 Å². The molecule has 1 saturated heterocycles. The van der Waals surface area contributed by atoms with Gasteiger partial charge in [0.05, 0.1) is 12.7 Å². The average Bonchev–Trinajstić information content (AvgIpc) is 3.45. The fourth-order valence-electron chi connectivity index (χ4n) is 3.64. The molecule has 0 radical (unpaired) electrons. The van der Waals surface area contributed by atoms with Gasteiger partial charge in [-0.05, 0) is 36.3 Å². The lowest BCUT2D eigenvalue weighted by Gasteiger charge is -2.33. The van der Waals surface area contributed by atoms with Crippen molar-refractivity contribution >= 4 is 22.4 Å². The summed E-state index contributed by atoms with van der Waals surface area (Å²) in [6.45, 7) is 2.07. The Kier molecular flexibility index (Phi) is 3.93. The first-order valence-electron chi connectivity index (χ1n) is 8.75. The molecule has 2 aliphatic rings. The maximum atomic E-state index is 13.1. The van der Waals surface area contributed by atoms with Crippen molar-refractivity contribution in [3.8, 4) is 0 Å². The third-order valence-corrected chi connectivity index (χ3v) is 5.14. The predicted molar refractivity (Wildman–Crippen MR) is 96.6 cm³/mol. The van der Waals surface area contributed by atoms with Gasteiger partial charge in [0, 0.05) is 43.8 Å². The van der Waals surface area contributed by atoms with Crippen LogP contribution in [-0.4, -0.2) is 50.7 Å². The molecule has 126 valence electrons. The van der Waals surface area contributed by atoms with Crippen LogP contribution in [-0.2, 0) is 4.74 Å². The molecular formula is C20H24N2O2. The van der Waals surface area contributed by atoms with Gasteiger partial charge in [-0.25, -0.2) is 0 Å². The molecule has 1 atom stereocenters. The second-order valence-electron chi connectivity index (χ2n) is 7.07. The minimum atomic E-state index is 0.130. The molecule has 2 fully saturated rings. The van der Waals surface area contributed by atoms with Gasteiger partial charge in [0.25, 0.3) is 5.91 Å². The number of hydrogen-bond donors (Lipinski definition) is 0. The highest BCUT2D eigenvalue weighted by molar-refractivity contribution is 6.10. The van der Waals surface area contributed by atoms with Crippen molar-refractivity contribution in [1.82, 2.24) is 4.90 Å². The maximum Gasteiger partial charge on any atom is 0.254 e. The van der Waals surface area contributed by atoms with Crippen LogP contribution in [0.1, 0.15) is 23.2 Å². The number of rotatable bonds is 3. The van der Waals surface area contributed by atoms with E-state index in [1.165, 1.54) is 12.8 Å². The molecule has 4 nitrogen and oxygen atoms in total. The molecule has 4 heteroatoms. The van der Waals surface area contributed by atoms with Crippen LogP contribution < -0.4 is 4.90 Å². The lowest BCUT2D eigenvalue weighted by atomic mass is 10.0. The van der Waals surface area contributed by atoms with Crippen molar-refractivity contribution in [1.29, 1.82) is 0 Å². The number of fused-ring (bicyclic) bond motifs is 1. The van der Waals surface area contributed by atoms with E-state index in [1.807, 2.05) is 49.3 Å². The zero-order valence-corrected chi connectivity index (χ0v) is 14.4. The predicted octanol–water partition coefficient (Wildman–Crippen LogP) is 3.16. The number of nitrogens with zero attached hydrogens (tertiary/aromatic N) is 2. The summed E-state index contributed by atoms with van der Waals surface area (Å²) in [5.41, 5.74) is 1.94. The van der Waals surface area contributed by atoms with Crippen molar-refractivity contribution < 1.29 is 9.53 Å². The minimum Gasteiger partial charge on any atom is -0.377 e. The SMILES string of the molecule is CN(C)c1ccc(C(=O)N2CCO[C@H](C3CC3)C2)c2ccccc12. The number of carbonyl (C=O) groups is 1. The summed E-state index contributed by atoms with van der Waals surface area (Å²) in [7, 11) is 4.07. The Morgan fingerprint density at radius 1 is 1.12 bits per heavy atom. The topological polar surface area (TPSA) is 32.8 Å². The van der Waals surface area contributed by atoms with Gasteiger partial charge in [-0.3, -0.25) is 4.79 Å². The van der Waals surface area contributed by atoms with Crippen LogP contribution in [0.5, 0.6) is 0 Å². The van der Waals surface area contributed by atoms with Gasteiger partial charge in [-0.15, -0.1) is 0 Å². The molecule has 1 amide bonds. The molecule has 1 aliphatic carbocycles. The number of carbonyl (C=O) groups excluding carboxylic acids is 1. The normalized spacial score (nSPS) is 21.1. The lowest BCUT2D eigenvalue weighted by molar-refractivity contribution is -0.0313. The number of benzene rings is 2. The van der Waals surface area contributed by atoms with Crippen LogP contribution in [0, 0.1) is 5.92 Å². The van der Waals surface area contributed by atoms with E-state index in [4.69, 9.17) is 4.74 Å². The molecule has 1 aliphatic heterocycles. The summed E-state index contributed by atoms with van der Waals surface area (Å²) in [4.78, 5) is 17.2. The third kappa shape index (κ3) is 2.75. The Morgan fingerprint density at radius 2 is 1.88 bits per heavy atom. The number of ether oxygens (including phenoxy) is 1. The van der Waals surface area contributed by atoms with Crippen molar-refractivity contribution in [2.24, 2.45) is 5.92 Å². The van der Waals surface area contributed by atoms with Crippen LogP contribution >= 0.6 is 0 Å². The molecule has 0 spiro atoms. The van der Waals surface area contributed by atoms with E-state index >= 15 is 0 Å². The van der Waals surface area contributed by atoms with E-state index in [0.29, 0.717) is 19.1 Å². The van der Waals surface area contributed by atoms with Crippen molar-refractivity contribution in [2.75, 3.05) is 38.7 Å². The Hall–Kier alpha value is -2.07. The molecule has 24 heavy (non-hydrogen) atoms. The van der Waals surface area contributed by atoms with Crippen molar-refractivity contribution in [2.45, 2.75) is 18.9 Å². The number of morpholine rings is 1. The first-order chi connectivity index (χ1) is 11.6. The number of hydrogen-bond acceptors (Lipinski definition) is 3. The van der Waals surface area contributed by atoms with E-state index in [0.717, 1.165) is 28.6 Å². The molecule has 2 aromatic rings. The number of anilines is 1. The molecule has 2 aromatic carbocycles. The Balaban J connectivity index is 1.68. The highest BCUT2D eigenvalue weighted by Gasteiger charge is 2.36. The average molecular weight is 324 g/mol. The van der Waals surface area contributed by atoms with E-state index in [9.17, 15) is 4.79 Å². The summed E-state index contributed by atoms with van der Waals surface area (Å²) in [6, 6.07) is 12.2. The number of amides is 1. The first-order valence-corrected chi connectivity index (χ1v) is 8.75. The van der Waals surface area contributed by atoms with E-state index in [1.54, 1.807) is 0 Å². The summed E-state index contributed by atoms with van der Waals surface area (Å²) >= 11 is 0. The van der Waals surface area contributed by atoms with Gasteiger partial charge in [0.2, 0.25) is 0 Å². The third-order valence-electron chi connectivity index (χ3n) is 5.14. The quantitative estimate of drug-likeness (QED) is 0.869. The first kappa shape index (κ1) is 15.5. The molecule has 1 heterocycles. The summed E-state index contributed by atoms with van der Waals surface area (Å²) < 4.78 is 5.86. The molecule has 0 N–H and O–H groups in total. The molecule has 0 unspecified atom stereocenters. The van der Waals surface area contributed by atoms with Crippen LogP contribution in [0.25, 0.3) is 10.8 Å². The highest BCUT2D eigenvalue weighted by atomic mass is 16.5.